The number of rotatable bonds is 7. The number of hydrogen-bond donors (Lipinski definition) is 2. The first-order valence-corrected chi connectivity index (χ1v) is 10.7. The van der Waals surface area contributed by atoms with Crippen molar-refractivity contribution in [3.05, 3.63) is 52.6 Å². The fourth-order valence-electron chi connectivity index (χ4n) is 2.32. The summed E-state index contributed by atoms with van der Waals surface area (Å²) in [5.41, 5.74) is 0.267. The third-order valence-electron chi connectivity index (χ3n) is 3.51. The highest BCUT2D eigenvalue weighted by atomic mass is 32.2. The molecule has 0 atom stereocenters. The summed E-state index contributed by atoms with van der Waals surface area (Å²) in [6.45, 7) is 1.35. The maximum Gasteiger partial charge on any atom is 0.289 e. The number of carbonyl (C=O) groups excluding carboxylic acids is 2. The van der Waals surface area contributed by atoms with Crippen LogP contribution in [0.3, 0.4) is 0 Å². The van der Waals surface area contributed by atoms with Crippen LogP contribution in [0.15, 0.2) is 52.3 Å². The molecular weight excluding hydrogens is 406 g/mol. The van der Waals surface area contributed by atoms with Crippen LogP contribution in [0.5, 0.6) is 0 Å². The molecule has 2 rings (SSSR count). The van der Waals surface area contributed by atoms with Gasteiger partial charge >= 0.3 is 0 Å². The van der Waals surface area contributed by atoms with E-state index in [9.17, 15) is 28.1 Å². The van der Waals surface area contributed by atoms with Gasteiger partial charge in [0.1, 0.15) is 10.6 Å². The Kier molecular flexibility index (Phi) is 6.75. The molecule has 0 aliphatic heterocycles. The molecule has 28 heavy (non-hydrogen) atoms. The summed E-state index contributed by atoms with van der Waals surface area (Å²) in [6, 6.07) is 9.81. The van der Waals surface area contributed by atoms with E-state index in [0.29, 0.717) is 16.3 Å². The molecule has 0 spiro atoms. The maximum atomic E-state index is 12.5. The normalized spacial score (nSPS) is 10.9. The number of nitrogens with zero attached hydrogens (tertiary/aromatic N) is 1. The third-order valence-corrected chi connectivity index (χ3v) is 5.89. The minimum absolute atomic E-state index is 0.253. The predicted molar refractivity (Wildman–Crippen MR) is 106 cm³/mol. The molecule has 0 aromatic heterocycles. The Morgan fingerprint density at radius 2 is 1.64 bits per heavy atom. The van der Waals surface area contributed by atoms with E-state index in [4.69, 9.17) is 0 Å². The number of carbonyl (C=O) groups is 2. The van der Waals surface area contributed by atoms with Crippen molar-refractivity contribution in [1.82, 2.24) is 0 Å². The van der Waals surface area contributed by atoms with Crippen LogP contribution in [0, 0.1) is 10.1 Å². The van der Waals surface area contributed by atoms with Gasteiger partial charge < -0.3 is 10.6 Å². The highest BCUT2D eigenvalue weighted by molar-refractivity contribution is 7.98. The van der Waals surface area contributed by atoms with E-state index < -0.39 is 37.0 Å². The number of nitro groups is 1. The Bertz CT molecular complexity index is 1020. The molecule has 2 amide bonds. The Labute approximate surface area is 165 Å². The summed E-state index contributed by atoms with van der Waals surface area (Å²) < 4.78 is 25.0. The average molecular weight is 423 g/mol. The molecule has 0 radical (unpaired) electrons. The van der Waals surface area contributed by atoms with Gasteiger partial charge in [-0.1, -0.05) is 0 Å². The van der Waals surface area contributed by atoms with E-state index in [1.807, 2.05) is 0 Å². The second-order valence-corrected chi connectivity index (χ2v) is 8.49. The van der Waals surface area contributed by atoms with Crippen LogP contribution in [0.2, 0.25) is 0 Å². The van der Waals surface area contributed by atoms with E-state index in [1.165, 1.54) is 49.0 Å². The van der Waals surface area contributed by atoms with E-state index in [-0.39, 0.29) is 5.91 Å². The molecular formula is C17H17N3O6S2. The second-order valence-electron chi connectivity index (χ2n) is 5.66. The lowest BCUT2D eigenvalue weighted by atomic mass is 10.3. The number of nitro benzene ring substituents is 1. The molecule has 2 aromatic carbocycles. The number of thioether (sulfide) groups is 1. The Hall–Kier alpha value is -2.92. The van der Waals surface area contributed by atoms with Gasteiger partial charge in [0, 0.05) is 29.3 Å². The van der Waals surface area contributed by atoms with Gasteiger partial charge in [-0.05, 0) is 42.7 Å². The summed E-state index contributed by atoms with van der Waals surface area (Å²) >= 11 is 1.24. The maximum absolute atomic E-state index is 12.5. The van der Waals surface area contributed by atoms with E-state index in [0.717, 1.165) is 12.1 Å². The lowest BCUT2D eigenvalue weighted by Crippen LogP contribution is -2.23. The van der Waals surface area contributed by atoms with Crippen LogP contribution in [-0.4, -0.2) is 37.2 Å². The molecule has 0 bridgehead atoms. The lowest BCUT2D eigenvalue weighted by Gasteiger charge is -2.09. The van der Waals surface area contributed by atoms with Crippen LogP contribution in [-0.2, 0) is 19.4 Å². The van der Waals surface area contributed by atoms with Crippen molar-refractivity contribution in [2.24, 2.45) is 0 Å². The van der Waals surface area contributed by atoms with Crippen LogP contribution >= 0.6 is 11.8 Å². The minimum atomic E-state index is -4.22. The Morgan fingerprint density at radius 3 is 2.14 bits per heavy atom. The first kappa shape index (κ1) is 21.4. The number of amides is 2. The monoisotopic (exact) mass is 423 g/mol. The van der Waals surface area contributed by atoms with Gasteiger partial charge in [-0.25, -0.2) is 8.42 Å². The van der Waals surface area contributed by atoms with Crippen molar-refractivity contribution < 1.29 is 22.9 Å². The zero-order chi connectivity index (χ0) is 20.9. The first-order chi connectivity index (χ1) is 13.1. The van der Waals surface area contributed by atoms with Crippen molar-refractivity contribution >= 4 is 50.5 Å². The predicted octanol–water partition coefficient (Wildman–Crippen LogP) is 2.69. The highest BCUT2D eigenvalue weighted by Gasteiger charge is 2.28. The number of anilines is 2. The SMILES string of the molecule is CSc1ccc(S(=O)(=O)CC(=O)Nc2ccc(NC(C)=O)cc2)c([N+](=O)[O-])c1. The molecule has 148 valence electrons. The zero-order valence-electron chi connectivity index (χ0n) is 15.0. The molecule has 0 aliphatic rings. The van der Waals surface area contributed by atoms with Crippen LogP contribution < -0.4 is 10.6 Å². The Morgan fingerprint density at radius 1 is 1.07 bits per heavy atom. The van der Waals surface area contributed by atoms with Crippen molar-refractivity contribution in [3.8, 4) is 0 Å². The molecule has 0 heterocycles. The second kappa shape index (κ2) is 8.85. The molecule has 0 saturated heterocycles. The summed E-state index contributed by atoms with van der Waals surface area (Å²) in [5, 5.41) is 16.2. The van der Waals surface area contributed by atoms with Gasteiger partial charge in [0.2, 0.25) is 11.8 Å². The molecule has 2 aromatic rings. The van der Waals surface area contributed by atoms with Gasteiger partial charge in [0.15, 0.2) is 9.84 Å². The molecule has 2 N–H and O–H groups in total. The number of nitrogens with one attached hydrogen (secondary N) is 2. The van der Waals surface area contributed by atoms with Gasteiger partial charge in [-0.3, -0.25) is 19.7 Å². The largest absolute Gasteiger partial charge is 0.326 e. The molecule has 11 heteroatoms. The number of benzene rings is 2. The van der Waals surface area contributed by atoms with Crippen molar-refractivity contribution in [2.45, 2.75) is 16.7 Å². The van der Waals surface area contributed by atoms with E-state index >= 15 is 0 Å². The summed E-state index contributed by atoms with van der Waals surface area (Å²) in [6.07, 6.45) is 1.71. The number of sulfone groups is 1. The van der Waals surface area contributed by atoms with Crippen molar-refractivity contribution in [3.63, 3.8) is 0 Å². The van der Waals surface area contributed by atoms with Gasteiger partial charge in [0.25, 0.3) is 5.69 Å². The highest BCUT2D eigenvalue weighted by Crippen LogP contribution is 2.29. The topological polar surface area (TPSA) is 135 Å². The minimum Gasteiger partial charge on any atom is -0.326 e. The summed E-state index contributed by atoms with van der Waals surface area (Å²) in [5.74, 6) is -2.03. The van der Waals surface area contributed by atoms with Crippen LogP contribution in [0.4, 0.5) is 17.1 Å². The van der Waals surface area contributed by atoms with E-state index in [2.05, 4.69) is 10.6 Å². The third kappa shape index (κ3) is 5.54. The quantitative estimate of drug-likeness (QED) is 0.397. The average Bonchev–Trinajstić information content (AvgIpc) is 2.61. The van der Waals surface area contributed by atoms with Crippen molar-refractivity contribution in [1.29, 1.82) is 0 Å². The molecule has 0 aliphatic carbocycles. The molecule has 0 fully saturated rings. The summed E-state index contributed by atoms with van der Waals surface area (Å²) in [4.78, 5) is 33.6. The number of hydrogen-bond acceptors (Lipinski definition) is 7. The van der Waals surface area contributed by atoms with Gasteiger partial charge in [-0.15, -0.1) is 11.8 Å². The smallest absolute Gasteiger partial charge is 0.289 e. The summed E-state index contributed by atoms with van der Waals surface area (Å²) in [7, 11) is -4.22. The Balaban J connectivity index is 2.17. The zero-order valence-corrected chi connectivity index (χ0v) is 16.6. The molecule has 0 unspecified atom stereocenters. The lowest BCUT2D eigenvalue weighted by molar-refractivity contribution is -0.388. The van der Waals surface area contributed by atoms with Gasteiger partial charge in [-0.2, -0.15) is 0 Å². The van der Waals surface area contributed by atoms with Crippen LogP contribution in [0.1, 0.15) is 6.92 Å². The fourth-order valence-corrected chi connectivity index (χ4v) is 4.05. The van der Waals surface area contributed by atoms with Crippen molar-refractivity contribution in [2.75, 3.05) is 22.6 Å². The fraction of sp³-hybridized carbons (Fsp3) is 0.176. The molecule has 0 saturated carbocycles. The molecule has 9 nitrogen and oxygen atoms in total. The van der Waals surface area contributed by atoms with Crippen LogP contribution in [0.25, 0.3) is 0 Å². The standard InChI is InChI=1S/C17H17N3O6S2/c1-11(21)18-12-3-5-13(6-4-12)19-17(22)10-28(25,26)16-8-7-14(27-2)9-15(16)20(23)24/h3-9H,10H2,1-2H3,(H,18,21)(H,19,22). The first-order valence-electron chi connectivity index (χ1n) is 7.85. The van der Waals surface area contributed by atoms with Gasteiger partial charge in [0.05, 0.1) is 4.92 Å². The van der Waals surface area contributed by atoms with E-state index in [1.54, 1.807) is 6.26 Å².